The summed E-state index contributed by atoms with van der Waals surface area (Å²) in [4.78, 5) is 14.8. The Kier molecular flexibility index (Phi) is 5.68. The van der Waals surface area contributed by atoms with Crippen molar-refractivity contribution in [2.45, 2.75) is 52.0 Å². The lowest BCUT2D eigenvalue weighted by molar-refractivity contribution is 0.0723. The third kappa shape index (κ3) is 4.47. The Morgan fingerprint density at radius 1 is 1.21 bits per heavy atom. The number of aryl methyl sites for hydroxylation is 1. The quantitative estimate of drug-likeness (QED) is 0.859. The molecule has 4 heteroatoms. The van der Waals surface area contributed by atoms with Gasteiger partial charge in [-0.3, -0.25) is 9.89 Å². The van der Waals surface area contributed by atoms with Crippen molar-refractivity contribution in [3.8, 4) is 0 Å². The van der Waals surface area contributed by atoms with Gasteiger partial charge in [-0.1, -0.05) is 62.4 Å². The second-order valence-corrected chi connectivity index (χ2v) is 6.94. The van der Waals surface area contributed by atoms with Crippen molar-refractivity contribution < 1.29 is 4.79 Å². The number of nitrogens with zero attached hydrogens (tertiary/aromatic N) is 2. The number of rotatable bonds is 6. The number of nitrogens with one attached hydrogen (secondary N) is 1. The molecule has 24 heavy (non-hydrogen) atoms. The van der Waals surface area contributed by atoms with Crippen molar-refractivity contribution >= 4 is 5.91 Å². The molecule has 1 heterocycles. The zero-order valence-electron chi connectivity index (χ0n) is 14.5. The van der Waals surface area contributed by atoms with E-state index in [9.17, 15) is 4.79 Å². The van der Waals surface area contributed by atoms with Gasteiger partial charge in [0.1, 0.15) is 5.69 Å². The topological polar surface area (TPSA) is 49.0 Å². The highest BCUT2D eigenvalue weighted by atomic mass is 16.2. The Morgan fingerprint density at radius 2 is 1.96 bits per heavy atom. The first-order chi connectivity index (χ1) is 11.7. The summed E-state index contributed by atoms with van der Waals surface area (Å²) in [5, 5.41) is 7.03. The van der Waals surface area contributed by atoms with Crippen molar-refractivity contribution in [1.29, 1.82) is 0 Å². The highest BCUT2D eigenvalue weighted by Gasteiger charge is 2.21. The van der Waals surface area contributed by atoms with Gasteiger partial charge in [-0.05, 0) is 30.9 Å². The summed E-state index contributed by atoms with van der Waals surface area (Å²) >= 11 is 0. The summed E-state index contributed by atoms with van der Waals surface area (Å²) in [7, 11) is 0. The molecule has 0 atom stereocenters. The number of amides is 1. The molecule has 1 aromatic heterocycles. The molecule has 128 valence electrons. The fourth-order valence-corrected chi connectivity index (χ4v) is 3.56. The minimum atomic E-state index is 0.0269. The van der Waals surface area contributed by atoms with Gasteiger partial charge in [0.25, 0.3) is 5.91 Å². The molecule has 0 saturated heterocycles. The molecule has 1 aliphatic carbocycles. The molecule has 0 spiro atoms. The van der Waals surface area contributed by atoms with Crippen molar-refractivity contribution in [2.24, 2.45) is 5.92 Å². The predicted octanol–water partition coefficient (Wildman–Crippen LogP) is 4.33. The second kappa shape index (κ2) is 8.13. The van der Waals surface area contributed by atoms with Gasteiger partial charge in [0, 0.05) is 18.8 Å². The van der Waals surface area contributed by atoms with E-state index in [1.165, 1.54) is 37.7 Å². The first-order valence-corrected chi connectivity index (χ1v) is 9.07. The van der Waals surface area contributed by atoms with Crippen LogP contribution in [0.1, 0.15) is 60.3 Å². The molecule has 4 nitrogen and oxygen atoms in total. The average molecular weight is 325 g/mol. The molecular weight excluding hydrogens is 298 g/mol. The molecule has 0 unspecified atom stereocenters. The standard InChI is InChI=1S/C20H27N3O/c1-16-14-19(22-21-16)20(24)23(15-18-10-6-3-7-11-18)13-12-17-8-4-2-5-9-17/h3,6-7,10-11,14,17H,2,4-5,8-9,12-13,15H2,1H3,(H,21,22). The summed E-state index contributed by atoms with van der Waals surface area (Å²) in [5.74, 6) is 0.796. The Labute approximate surface area is 144 Å². The highest BCUT2D eigenvalue weighted by Crippen LogP contribution is 2.26. The summed E-state index contributed by atoms with van der Waals surface area (Å²) in [6.07, 6.45) is 7.78. The van der Waals surface area contributed by atoms with Gasteiger partial charge in [0.15, 0.2) is 0 Å². The lowest BCUT2D eigenvalue weighted by Gasteiger charge is -2.27. The molecule has 2 aromatic rings. The van der Waals surface area contributed by atoms with E-state index in [1.54, 1.807) is 0 Å². The fourth-order valence-electron chi connectivity index (χ4n) is 3.56. The van der Waals surface area contributed by atoms with Crippen molar-refractivity contribution in [1.82, 2.24) is 15.1 Å². The smallest absolute Gasteiger partial charge is 0.274 e. The van der Waals surface area contributed by atoms with Crippen LogP contribution in [0, 0.1) is 12.8 Å². The van der Waals surface area contributed by atoms with Gasteiger partial charge in [-0.15, -0.1) is 0 Å². The maximum absolute atomic E-state index is 12.9. The number of carbonyl (C=O) groups excluding carboxylic acids is 1. The number of hydrogen-bond acceptors (Lipinski definition) is 2. The van der Waals surface area contributed by atoms with Crippen LogP contribution < -0.4 is 0 Å². The minimum Gasteiger partial charge on any atom is -0.333 e. The van der Waals surface area contributed by atoms with E-state index >= 15 is 0 Å². The van der Waals surface area contributed by atoms with Crippen molar-refractivity contribution in [3.05, 3.63) is 53.3 Å². The number of hydrogen-bond donors (Lipinski definition) is 1. The van der Waals surface area contributed by atoms with Crippen molar-refractivity contribution in [2.75, 3.05) is 6.54 Å². The first-order valence-electron chi connectivity index (χ1n) is 9.07. The van der Waals surface area contributed by atoms with Crippen LogP contribution in [0.15, 0.2) is 36.4 Å². The Hall–Kier alpha value is -2.10. The van der Waals surface area contributed by atoms with Crippen molar-refractivity contribution in [3.63, 3.8) is 0 Å². The Bertz CT molecular complexity index is 644. The van der Waals surface area contributed by atoms with Gasteiger partial charge in [0.05, 0.1) is 0 Å². The van der Waals surface area contributed by atoms with E-state index in [1.807, 2.05) is 36.1 Å². The van der Waals surface area contributed by atoms with Gasteiger partial charge >= 0.3 is 0 Å². The van der Waals surface area contributed by atoms with E-state index in [0.717, 1.165) is 24.6 Å². The van der Waals surface area contributed by atoms with E-state index in [4.69, 9.17) is 0 Å². The van der Waals surface area contributed by atoms with Crippen LogP contribution in [0.25, 0.3) is 0 Å². The van der Waals surface area contributed by atoms with Crippen LogP contribution in [0.5, 0.6) is 0 Å². The van der Waals surface area contributed by atoms with Gasteiger partial charge in [-0.25, -0.2) is 0 Å². The summed E-state index contributed by atoms with van der Waals surface area (Å²) in [6, 6.07) is 12.1. The molecule has 3 rings (SSSR count). The second-order valence-electron chi connectivity index (χ2n) is 6.94. The third-order valence-corrected chi connectivity index (χ3v) is 4.96. The molecular formula is C20H27N3O. The molecule has 1 saturated carbocycles. The number of aromatic nitrogens is 2. The molecule has 0 bridgehead atoms. The van der Waals surface area contributed by atoms with Crippen LogP contribution in [0.4, 0.5) is 0 Å². The monoisotopic (exact) mass is 325 g/mol. The lowest BCUT2D eigenvalue weighted by atomic mass is 9.87. The van der Waals surface area contributed by atoms with Crippen LogP contribution in [-0.2, 0) is 6.54 Å². The molecule has 1 amide bonds. The van der Waals surface area contributed by atoms with Gasteiger partial charge in [-0.2, -0.15) is 5.10 Å². The SMILES string of the molecule is Cc1cc(C(=O)N(CCC2CCCCC2)Cc2ccccc2)n[nH]1. The van der Waals surface area contributed by atoms with Crippen LogP contribution in [0.2, 0.25) is 0 Å². The van der Waals surface area contributed by atoms with Gasteiger partial charge < -0.3 is 4.90 Å². The molecule has 1 fully saturated rings. The molecule has 1 aliphatic rings. The predicted molar refractivity (Wildman–Crippen MR) is 95.7 cm³/mol. The lowest BCUT2D eigenvalue weighted by Crippen LogP contribution is -2.33. The maximum atomic E-state index is 12.9. The molecule has 0 radical (unpaired) electrons. The first kappa shape index (κ1) is 16.7. The Balaban J connectivity index is 1.68. The van der Waals surface area contributed by atoms with E-state index in [2.05, 4.69) is 22.3 Å². The van der Waals surface area contributed by atoms with E-state index < -0.39 is 0 Å². The van der Waals surface area contributed by atoms with E-state index in [-0.39, 0.29) is 5.91 Å². The highest BCUT2D eigenvalue weighted by molar-refractivity contribution is 5.92. The maximum Gasteiger partial charge on any atom is 0.274 e. The summed E-state index contributed by atoms with van der Waals surface area (Å²) < 4.78 is 0. The normalized spacial score (nSPS) is 15.4. The number of aromatic amines is 1. The average Bonchev–Trinajstić information content (AvgIpc) is 3.06. The number of carbonyl (C=O) groups is 1. The molecule has 0 aliphatic heterocycles. The largest absolute Gasteiger partial charge is 0.333 e. The summed E-state index contributed by atoms with van der Waals surface area (Å²) in [6.45, 7) is 3.38. The van der Waals surface area contributed by atoms with Crippen LogP contribution in [0.3, 0.4) is 0 Å². The fraction of sp³-hybridized carbons (Fsp3) is 0.500. The zero-order valence-corrected chi connectivity index (χ0v) is 14.5. The summed E-state index contributed by atoms with van der Waals surface area (Å²) in [5.41, 5.74) is 2.61. The molecule has 1 aromatic carbocycles. The van der Waals surface area contributed by atoms with Crippen LogP contribution >= 0.6 is 0 Å². The molecule has 1 N–H and O–H groups in total. The zero-order chi connectivity index (χ0) is 16.8. The van der Waals surface area contributed by atoms with Gasteiger partial charge in [0.2, 0.25) is 0 Å². The van der Waals surface area contributed by atoms with E-state index in [0.29, 0.717) is 12.2 Å². The number of benzene rings is 1. The van der Waals surface area contributed by atoms with Crippen LogP contribution in [-0.4, -0.2) is 27.5 Å². The number of H-pyrrole nitrogens is 1. The minimum absolute atomic E-state index is 0.0269. The Morgan fingerprint density at radius 3 is 2.62 bits per heavy atom. The third-order valence-electron chi connectivity index (χ3n) is 4.96.